The van der Waals surface area contributed by atoms with Crippen molar-refractivity contribution >= 4 is 5.97 Å². The number of hydrogen-bond donors (Lipinski definition) is 1. The van der Waals surface area contributed by atoms with Gasteiger partial charge in [-0.1, -0.05) is 24.3 Å². The van der Waals surface area contributed by atoms with E-state index in [9.17, 15) is 4.79 Å². The molecule has 0 aliphatic rings. The molecule has 5 nitrogen and oxygen atoms in total. The Morgan fingerprint density at radius 3 is 2.70 bits per heavy atom. The quantitative estimate of drug-likeness (QED) is 0.740. The van der Waals surface area contributed by atoms with Gasteiger partial charge in [0.1, 0.15) is 17.3 Å². The average Bonchev–Trinajstić information content (AvgIpc) is 2.69. The van der Waals surface area contributed by atoms with E-state index in [1.807, 2.05) is 6.07 Å². The highest BCUT2D eigenvalue weighted by atomic mass is 19.1. The topological polar surface area (TPSA) is 83.2 Å². The van der Waals surface area contributed by atoms with Crippen molar-refractivity contribution in [1.82, 2.24) is 4.98 Å². The first-order valence-electron chi connectivity index (χ1n) is 8.07. The standard InChI is InChI=1S/C21H15FN2O3/c1-27-18-8-6-16(10-14-5-7-17(21(25)26)24-12-14)20(22)19(18)15-4-2-3-13(9-15)11-23/h2-9,12H,10H2,1H3,(H,25,26). The molecule has 0 aliphatic heterocycles. The lowest BCUT2D eigenvalue weighted by Crippen LogP contribution is -2.02. The Kier molecular flexibility index (Phi) is 5.13. The van der Waals surface area contributed by atoms with Crippen molar-refractivity contribution in [3.8, 4) is 22.9 Å². The van der Waals surface area contributed by atoms with Crippen molar-refractivity contribution in [2.45, 2.75) is 6.42 Å². The first-order valence-corrected chi connectivity index (χ1v) is 8.07. The maximum absolute atomic E-state index is 15.3. The third-order valence-corrected chi connectivity index (χ3v) is 4.12. The molecule has 1 N–H and O–H groups in total. The second-order valence-corrected chi connectivity index (χ2v) is 5.84. The summed E-state index contributed by atoms with van der Waals surface area (Å²) in [4.78, 5) is 14.7. The van der Waals surface area contributed by atoms with Crippen LogP contribution in [0.1, 0.15) is 27.2 Å². The van der Waals surface area contributed by atoms with Gasteiger partial charge in [0.2, 0.25) is 0 Å². The molecule has 0 bridgehead atoms. The summed E-state index contributed by atoms with van der Waals surface area (Å²) < 4.78 is 20.6. The summed E-state index contributed by atoms with van der Waals surface area (Å²) in [6, 6.07) is 15.0. The number of rotatable bonds is 5. The van der Waals surface area contributed by atoms with Gasteiger partial charge in [-0.25, -0.2) is 14.2 Å². The van der Waals surface area contributed by atoms with Crippen LogP contribution in [-0.2, 0) is 6.42 Å². The van der Waals surface area contributed by atoms with Crippen molar-refractivity contribution in [1.29, 1.82) is 5.26 Å². The van der Waals surface area contributed by atoms with E-state index in [0.717, 1.165) is 0 Å². The van der Waals surface area contributed by atoms with Crippen molar-refractivity contribution < 1.29 is 19.0 Å². The van der Waals surface area contributed by atoms with Crippen LogP contribution >= 0.6 is 0 Å². The highest BCUT2D eigenvalue weighted by Gasteiger charge is 2.17. The molecule has 3 aromatic rings. The van der Waals surface area contributed by atoms with Crippen LogP contribution in [0.4, 0.5) is 4.39 Å². The third-order valence-electron chi connectivity index (χ3n) is 4.12. The molecule has 0 saturated heterocycles. The van der Waals surface area contributed by atoms with Gasteiger partial charge in [-0.05, 0) is 41.0 Å². The van der Waals surface area contributed by atoms with Crippen LogP contribution in [0.15, 0.2) is 54.7 Å². The number of pyridine rings is 1. The number of carboxylic acid groups (broad SMARTS) is 1. The number of hydrogen-bond acceptors (Lipinski definition) is 4. The van der Waals surface area contributed by atoms with Crippen molar-refractivity contribution in [2.75, 3.05) is 7.11 Å². The second kappa shape index (κ2) is 7.67. The van der Waals surface area contributed by atoms with Crippen molar-refractivity contribution in [3.63, 3.8) is 0 Å². The molecule has 0 atom stereocenters. The summed E-state index contributed by atoms with van der Waals surface area (Å²) in [5.74, 6) is -1.20. The SMILES string of the molecule is COc1ccc(Cc2ccc(C(=O)O)nc2)c(F)c1-c1cccc(C#N)c1. The highest BCUT2D eigenvalue weighted by molar-refractivity contribution is 5.85. The van der Waals surface area contributed by atoms with Crippen LogP contribution in [0.3, 0.4) is 0 Å². The van der Waals surface area contributed by atoms with Crippen LogP contribution in [0.25, 0.3) is 11.1 Å². The van der Waals surface area contributed by atoms with E-state index in [0.29, 0.717) is 28.0 Å². The Hall–Kier alpha value is -3.72. The van der Waals surface area contributed by atoms with E-state index in [2.05, 4.69) is 4.98 Å². The fourth-order valence-corrected chi connectivity index (χ4v) is 2.80. The lowest BCUT2D eigenvalue weighted by molar-refractivity contribution is 0.0690. The van der Waals surface area contributed by atoms with Gasteiger partial charge in [-0.15, -0.1) is 0 Å². The molecular weight excluding hydrogens is 347 g/mol. The highest BCUT2D eigenvalue weighted by Crippen LogP contribution is 2.35. The van der Waals surface area contributed by atoms with Crippen LogP contribution in [0, 0.1) is 17.1 Å². The third kappa shape index (κ3) is 3.77. The molecule has 1 heterocycles. The van der Waals surface area contributed by atoms with Crippen LogP contribution in [-0.4, -0.2) is 23.2 Å². The monoisotopic (exact) mass is 362 g/mol. The summed E-state index contributed by atoms with van der Waals surface area (Å²) in [6.07, 6.45) is 1.66. The van der Waals surface area contributed by atoms with Gasteiger partial charge in [0.25, 0.3) is 0 Å². The van der Waals surface area contributed by atoms with E-state index < -0.39 is 11.8 Å². The van der Waals surface area contributed by atoms with Crippen molar-refractivity contribution in [2.24, 2.45) is 0 Å². The minimum absolute atomic E-state index is 0.0667. The molecule has 0 amide bonds. The smallest absolute Gasteiger partial charge is 0.354 e. The first kappa shape index (κ1) is 18.1. The van der Waals surface area contributed by atoms with E-state index in [1.165, 1.54) is 19.4 Å². The van der Waals surface area contributed by atoms with Gasteiger partial charge in [0, 0.05) is 12.6 Å². The predicted octanol–water partition coefficient (Wildman–Crippen LogP) is 4.06. The molecule has 27 heavy (non-hydrogen) atoms. The zero-order valence-corrected chi connectivity index (χ0v) is 14.4. The van der Waals surface area contributed by atoms with Crippen molar-refractivity contribution in [3.05, 3.63) is 82.9 Å². The number of aromatic nitrogens is 1. The minimum atomic E-state index is -1.11. The molecular formula is C21H15FN2O3. The normalized spacial score (nSPS) is 10.3. The minimum Gasteiger partial charge on any atom is -0.496 e. The maximum Gasteiger partial charge on any atom is 0.354 e. The number of nitriles is 1. The summed E-state index contributed by atoms with van der Waals surface area (Å²) in [5.41, 5.74) is 2.28. The Balaban J connectivity index is 2.02. The number of benzene rings is 2. The van der Waals surface area contributed by atoms with Gasteiger partial charge in [-0.3, -0.25) is 0 Å². The Morgan fingerprint density at radius 2 is 2.07 bits per heavy atom. The van der Waals surface area contributed by atoms with Crippen LogP contribution in [0.2, 0.25) is 0 Å². The molecule has 134 valence electrons. The number of methoxy groups -OCH3 is 1. The lowest BCUT2D eigenvalue weighted by Gasteiger charge is -2.14. The van der Waals surface area contributed by atoms with Gasteiger partial charge in [0.15, 0.2) is 0 Å². The fourth-order valence-electron chi connectivity index (χ4n) is 2.80. The average molecular weight is 362 g/mol. The van der Waals surface area contributed by atoms with Gasteiger partial charge in [-0.2, -0.15) is 5.26 Å². The maximum atomic E-state index is 15.3. The predicted molar refractivity (Wildman–Crippen MR) is 97.1 cm³/mol. The van der Waals surface area contributed by atoms with Crippen LogP contribution in [0.5, 0.6) is 5.75 Å². The number of ether oxygens (including phenoxy) is 1. The van der Waals surface area contributed by atoms with E-state index >= 15 is 4.39 Å². The molecule has 6 heteroatoms. The van der Waals surface area contributed by atoms with Crippen LogP contribution < -0.4 is 4.74 Å². The van der Waals surface area contributed by atoms with Gasteiger partial charge in [0.05, 0.1) is 24.3 Å². The van der Waals surface area contributed by atoms with Gasteiger partial charge < -0.3 is 9.84 Å². The molecule has 0 spiro atoms. The van der Waals surface area contributed by atoms with E-state index in [-0.39, 0.29) is 17.7 Å². The lowest BCUT2D eigenvalue weighted by atomic mass is 9.96. The number of nitrogens with zero attached hydrogens (tertiary/aromatic N) is 2. The van der Waals surface area contributed by atoms with E-state index in [4.69, 9.17) is 15.1 Å². The summed E-state index contributed by atoms with van der Waals surface area (Å²) in [7, 11) is 1.46. The molecule has 3 rings (SSSR count). The molecule has 0 aliphatic carbocycles. The van der Waals surface area contributed by atoms with E-state index in [1.54, 1.807) is 42.5 Å². The summed E-state index contributed by atoms with van der Waals surface area (Å²) in [6.45, 7) is 0. The van der Waals surface area contributed by atoms with Gasteiger partial charge >= 0.3 is 5.97 Å². The number of halogens is 1. The zero-order chi connectivity index (χ0) is 19.4. The molecule has 1 aromatic heterocycles. The molecule has 0 saturated carbocycles. The number of aromatic carboxylic acids is 1. The second-order valence-electron chi connectivity index (χ2n) is 5.84. The molecule has 2 aromatic carbocycles. The fraction of sp³-hybridized carbons (Fsp3) is 0.0952. The number of carbonyl (C=O) groups is 1. The number of carboxylic acids is 1. The summed E-state index contributed by atoms with van der Waals surface area (Å²) >= 11 is 0. The largest absolute Gasteiger partial charge is 0.496 e. The zero-order valence-electron chi connectivity index (χ0n) is 14.4. The Morgan fingerprint density at radius 1 is 1.26 bits per heavy atom. The summed E-state index contributed by atoms with van der Waals surface area (Å²) in [5, 5.41) is 18.0. The Labute approximate surface area is 155 Å². The molecule has 0 unspecified atom stereocenters. The first-order chi connectivity index (χ1) is 13.0. The molecule has 0 radical (unpaired) electrons. The molecule has 0 fully saturated rings. The Bertz CT molecular complexity index is 1040.